The van der Waals surface area contributed by atoms with Gasteiger partial charge < -0.3 is 9.64 Å². The molecule has 0 aliphatic carbocycles. The van der Waals surface area contributed by atoms with Gasteiger partial charge in [-0.25, -0.2) is 0 Å². The monoisotopic (exact) mass is 364 g/mol. The van der Waals surface area contributed by atoms with E-state index in [0.29, 0.717) is 19.2 Å². The normalized spacial score (nSPS) is 19.7. The average Bonchev–Trinajstić information content (AvgIpc) is 3.16. The first-order chi connectivity index (χ1) is 13.3. The highest BCUT2D eigenvalue weighted by atomic mass is 16.5. The van der Waals surface area contributed by atoms with Crippen LogP contribution >= 0.6 is 0 Å². The van der Waals surface area contributed by atoms with Gasteiger partial charge in [0.2, 0.25) is 5.91 Å². The second-order valence-corrected chi connectivity index (χ2v) is 7.41. The molecule has 1 fully saturated rings. The molecule has 4 heteroatoms. The number of hydrogen-bond acceptors (Lipinski definition) is 3. The predicted octanol–water partition coefficient (Wildman–Crippen LogP) is 4.20. The number of amides is 1. The number of rotatable bonds is 5. The van der Waals surface area contributed by atoms with E-state index in [0.717, 1.165) is 50.2 Å². The van der Waals surface area contributed by atoms with Crippen LogP contribution in [0.3, 0.4) is 0 Å². The van der Waals surface area contributed by atoms with Crippen molar-refractivity contribution >= 4 is 11.6 Å². The molecular weight excluding hydrogens is 336 g/mol. The number of likely N-dealkylation sites (tertiary alicyclic amines) is 1. The Kier molecular flexibility index (Phi) is 5.44. The number of ether oxygens (including phenoxy) is 1. The molecule has 0 N–H and O–H groups in total. The van der Waals surface area contributed by atoms with Gasteiger partial charge in [-0.1, -0.05) is 30.3 Å². The number of carbonyl (C=O) groups is 1. The summed E-state index contributed by atoms with van der Waals surface area (Å²) < 4.78 is 5.55. The molecule has 2 aromatic carbocycles. The zero-order chi connectivity index (χ0) is 18.6. The van der Waals surface area contributed by atoms with E-state index in [1.54, 1.807) is 0 Å². The van der Waals surface area contributed by atoms with Crippen molar-refractivity contribution in [1.82, 2.24) is 4.90 Å². The first-order valence-corrected chi connectivity index (χ1v) is 10.1. The van der Waals surface area contributed by atoms with E-state index >= 15 is 0 Å². The standard InChI is InChI=1S/C23H28N2O2/c1-2-27-20-13-11-19(12-14-20)21-10-6-15-24(21)17-23(26)25-16-5-8-18-7-3-4-9-22(18)25/h3-4,7,9,11-14,21H,2,5-6,8,10,15-17H2,1H3. The average molecular weight is 364 g/mol. The Bertz CT molecular complexity index is 787. The molecule has 1 saturated heterocycles. The zero-order valence-electron chi connectivity index (χ0n) is 16.1. The van der Waals surface area contributed by atoms with Crippen LogP contribution in [0.25, 0.3) is 0 Å². The SMILES string of the molecule is CCOc1ccc(C2CCCN2CC(=O)N2CCCc3ccccc32)cc1. The first-order valence-electron chi connectivity index (χ1n) is 10.1. The molecular formula is C23H28N2O2. The summed E-state index contributed by atoms with van der Waals surface area (Å²) in [6.45, 7) is 4.99. The molecule has 0 radical (unpaired) electrons. The molecule has 1 atom stereocenters. The van der Waals surface area contributed by atoms with E-state index in [1.165, 1.54) is 11.1 Å². The molecule has 1 unspecified atom stereocenters. The third-order valence-electron chi connectivity index (χ3n) is 5.69. The quantitative estimate of drug-likeness (QED) is 0.797. The third kappa shape index (κ3) is 3.86. The van der Waals surface area contributed by atoms with Crippen LogP contribution in [-0.2, 0) is 11.2 Å². The minimum absolute atomic E-state index is 0.222. The van der Waals surface area contributed by atoms with Crippen LogP contribution in [0.4, 0.5) is 5.69 Å². The Hall–Kier alpha value is -2.33. The number of benzene rings is 2. The number of anilines is 1. The molecule has 27 heavy (non-hydrogen) atoms. The van der Waals surface area contributed by atoms with Gasteiger partial charge in [-0.3, -0.25) is 9.69 Å². The predicted molar refractivity (Wildman–Crippen MR) is 108 cm³/mol. The largest absolute Gasteiger partial charge is 0.494 e. The van der Waals surface area contributed by atoms with Gasteiger partial charge in [0.05, 0.1) is 13.2 Å². The molecule has 0 aromatic heterocycles. The lowest BCUT2D eigenvalue weighted by molar-refractivity contribution is -0.120. The fourth-order valence-electron chi connectivity index (χ4n) is 4.40. The minimum atomic E-state index is 0.222. The summed E-state index contributed by atoms with van der Waals surface area (Å²) in [4.78, 5) is 17.4. The summed E-state index contributed by atoms with van der Waals surface area (Å²) in [5.74, 6) is 1.13. The highest BCUT2D eigenvalue weighted by Gasteiger charge is 2.30. The Morgan fingerprint density at radius 1 is 1.07 bits per heavy atom. The minimum Gasteiger partial charge on any atom is -0.494 e. The highest BCUT2D eigenvalue weighted by Crippen LogP contribution is 2.33. The molecule has 0 spiro atoms. The zero-order valence-corrected chi connectivity index (χ0v) is 16.1. The Morgan fingerprint density at radius 3 is 2.70 bits per heavy atom. The van der Waals surface area contributed by atoms with Crippen LogP contribution in [0.2, 0.25) is 0 Å². The van der Waals surface area contributed by atoms with Crippen LogP contribution in [0.15, 0.2) is 48.5 Å². The van der Waals surface area contributed by atoms with Gasteiger partial charge >= 0.3 is 0 Å². The number of nitrogens with zero attached hydrogens (tertiary/aromatic N) is 2. The molecule has 0 saturated carbocycles. The summed E-state index contributed by atoms with van der Waals surface area (Å²) in [7, 11) is 0. The van der Waals surface area contributed by atoms with E-state index in [9.17, 15) is 4.79 Å². The summed E-state index contributed by atoms with van der Waals surface area (Å²) in [6.07, 6.45) is 4.36. The van der Waals surface area contributed by atoms with Crippen LogP contribution in [0.5, 0.6) is 5.75 Å². The van der Waals surface area contributed by atoms with E-state index in [4.69, 9.17) is 4.74 Å². The van der Waals surface area contributed by atoms with Gasteiger partial charge in [0, 0.05) is 18.3 Å². The number of para-hydroxylation sites is 1. The molecule has 2 aliphatic rings. The van der Waals surface area contributed by atoms with E-state index in [1.807, 2.05) is 30.0 Å². The first kappa shape index (κ1) is 18.1. The van der Waals surface area contributed by atoms with Crippen molar-refractivity contribution in [2.24, 2.45) is 0 Å². The Morgan fingerprint density at radius 2 is 1.89 bits per heavy atom. The molecule has 2 aliphatic heterocycles. The van der Waals surface area contributed by atoms with Crippen LogP contribution in [0, 0.1) is 0 Å². The third-order valence-corrected chi connectivity index (χ3v) is 5.69. The molecule has 0 bridgehead atoms. The maximum atomic E-state index is 13.1. The van der Waals surface area contributed by atoms with E-state index < -0.39 is 0 Å². The van der Waals surface area contributed by atoms with Gasteiger partial charge in [0.25, 0.3) is 0 Å². The Balaban J connectivity index is 1.46. The van der Waals surface area contributed by atoms with Crippen molar-refractivity contribution in [2.75, 3.05) is 31.1 Å². The van der Waals surface area contributed by atoms with Crippen LogP contribution < -0.4 is 9.64 Å². The fourth-order valence-corrected chi connectivity index (χ4v) is 4.40. The van der Waals surface area contributed by atoms with Crippen molar-refractivity contribution in [3.63, 3.8) is 0 Å². The van der Waals surface area contributed by atoms with Crippen molar-refractivity contribution in [3.8, 4) is 5.75 Å². The molecule has 2 heterocycles. The van der Waals surface area contributed by atoms with Crippen molar-refractivity contribution in [2.45, 2.75) is 38.6 Å². The van der Waals surface area contributed by atoms with E-state index in [2.05, 4.69) is 35.2 Å². The smallest absolute Gasteiger partial charge is 0.241 e. The van der Waals surface area contributed by atoms with E-state index in [-0.39, 0.29) is 5.91 Å². The molecule has 1 amide bonds. The maximum absolute atomic E-state index is 13.1. The second-order valence-electron chi connectivity index (χ2n) is 7.41. The summed E-state index contributed by atoms with van der Waals surface area (Å²) in [6, 6.07) is 17.0. The van der Waals surface area contributed by atoms with Crippen molar-refractivity contribution in [3.05, 3.63) is 59.7 Å². The van der Waals surface area contributed by atoms with Crippen LogP contribution in [0.1, 0.15) is 43.4 Å². The summed E-state index contributed by atoms with van der Waals surface area (Å²) in [5, 5.41) is 0. The molecule has 4 rings (SSSR count). The molecule has 142 valence electrons. The van der Waals surface area contributed by atoms with Gasteiger partial charge in [-0.15, -0.1) is 0 Å². The summed E-state index contributed by atoms with van der Waals surface area (Å²) >= 11 is 0. The lowest BCUT2D eigenvalue weighted by Crippen LogP contribution is -2.42. The van der Waals surface area contributed by atoms with Gasteiger partial charge in [-0.05, 0) is 68.5 Å². The highest BCUT2D eigenvalue weighted by molar-refractivity contribution is 5.96. The molecule has 4 nitrogen and oxygen atoms in total. The number of aryl methyl sites for hydroxylation is 1. The lowest BCUT2D eigenvalue weighted by atomic mass is 10.0. The van der Waals surface area contributed by atoms with Crippen molar-refractivity contribution in [1.29, 1.82) is 0 Å². The van der Waals surface area contributed by atoms with Gasteiger partial charge in [0.15, 0.2) is 0 Å². The van der Waals surface area contributed by atoms with Crippen LogP contribution in [-0.4, -0.2) is 37.0 Å². The Labute approximate surface area is 161 Å². The number of carbonyl (C=O) groups excluding carboxylic acids is 1. The van der Waals surface area contributed by atoms with Gasteiger partial charge in [-0.2, -0.15) is 0 Å². The molecule has 2 aromatic rings. The number of fused-ring (bicyclic) bond motifs is 1. The van der Waals surface area contributed by atoms with Crippen molar-refractivity contribution < 1.29 is 9.53 Å². The maximum Gasteiger partial charge on any atom is 0.241 e. The second kappa shape index (κ2) is 8.13. The topological polar surface area (TPSA) is 32.8 Å². The van der Waals surface area contributed by atoms with Gasteiger partial charge in [0.1, 0.15) is 5.75 Å². The fraction of sp³-hybridized carbons (Fsp3) is 0.435. The summed E-state index contributed by atoms with van der Waals surface area (Å²) in [5.41, 5.74) is 3.68. The lowest BCUT2D eigenvalue weighted by Gasteiger charge is -2.32. The number of hydrogen-bond donors (Lipinski definition) is 0.